The highest BCUT2D eigenvalue weighted by molar-refractivity contribution is 5.68. The van der Waals surface area contributed by atoms with Gasteiger partial charge >= 0.3 is 6.09 Å². The molecule has 5 heteroatoms. The zero-order chi connectivity index (χ0) is 15.2. The molecule has 1 amide bonds. The van der Waals surface area contributed by atoms with E-state index in [-0.39, 0.29) is 12.1 Å². The summed E-state index contributed by atoms with van der Waals surface area (Å²) in [7, 11) is 0. The molecule has 0 saturated carbocycles. The van der Waals surface area contributed by atoms with Crippen molar-refractivity contribution in [3.05, 3.63) is 54.4 Å². The van der Waals surface area contributed by atoms with E-state index in [2.05, 4.69) is 10.3 Å². The van der Waals surface area contributed by atoms with Crippen LogP contribution in [0.2, 0.25) is 0 Å². The van der Waals surface area contributed by atoms with Gasteiger partial charge in [-0.1, -0.05) is 30.3 Å². The maximum atomic E-state index is 12.2. The lowest BCUT2D eigenvalue weighted by Crippen LogP contribution is -2.45. The van der Waals surface area contributed by atoms with E-state index in [0.29, 0.717) is 13.2 Å². The van der Waals surface area contributed by atoms with Crippen LogP contribution in [0.15, 0.2) is 48.8 Å². The molecule has 1 saturated heterocycles. The Hall–Kier alpha value is -2.43. The molecule has 1 aromatic heterocycles. The van der Waals surface area contributed by atoms with Crippen LogP contribution < -0.4 is 5.32 Å². The number of aromatic amines is 1. The fourth-order valence-electron chi connectivity index (χ4n) is 2.72. The summed E-state index contributed by atoms with van der Waals surface area (Å²) < 4.78 is 5.40. The fourth-order valence-corrected chi connectivity index (χ4v) is 2.72. The van der Waals surface area contributed by atoms with Gasteiger partial charge < -0.3 is 19.9 Å². The zero-order valence-electron chi connectivity index (χ0n) is 12.5. The van der Waals surface area contributed by atoms with Crippen molar-refractivity contribution in [1.82, 2.24) is 9.88 Å². The Morgan fingerprint density at radius 2 is 2.18 bits per heavy atom. The quantitative estimate of drug-likeness (QED) is 0.911. The first-order chi connectivity index (χ1) is 10.8. The summed E-state index contributed by atoms with van der Waals surface area (Å²) in [6.45, 7) is 1.77. The summed E-state index contributed by atoms with van der Waals surface area (Å²) in [5, 5.41) is 3.44. The molecule has 1 aromatic carbocycles. The maximum Gasteiger partial charge on any atom is 0.410 e. The fraction of sp³-hybridized carbons (Fsp3) is 0.353. The van der Waals surface area contributed by atoms with Gasteiger partial charge in [0.1, 0.15) is 6.61 Å². The van der Waals surface area contributed by atoms with Gasteiger partial charge in [0.15, 0.2) is 0 Å². The summed E-state index contributed by atoms with van der Waals surface area (Å²) in [5.41, 5.74) is 2.07. The number of likely N-dealkylation sites (tertiary alicyclic amines) is 1. The van der Waals surface area contributed by atoms with E-state index in [1.54, 1.807) is 4.90 Å². The first kappa shape index (κ1) is 14.5. The molecule has 0 aliphatic carbocycles. The minimum Gasteiger partial charge on any atom is -0.445 e. The minimum atomic E-state index is -0.232. The third kappa shape index (κ3) is 3.81. The van der Waals surface area contributed by atoms with Crippen molar-refractivity contribution in [2.75, 3.05) is 18.4 Å². The van der Waals surface area contributed by atoms with Gasteiger partial charge in [0.25, 0.3) is 0 Å². The SMILES string of the molecule is O=C(OCc1ccccc1)N1CCC[C@@H](Nc2cc[nH]c2)C1. The van der Waals surface area contributed by atoms with E-state index in [0.717, 1.165) is 30.6 Å². The molecule has 1 fully saturated rings. The topological polar surface area (TPSA) is 57.4 Å². The number of H-pyrrole nitrogens is 1. The van der Waals surface area contributed by atoms with Gasteiger partial charge in [-0.2, -0.15) is 0 Å². The van der Waals surface area contributed by atoms with Crippen LogP contribution in [0.1, 0.15) is 18.4 Å². The third-order valence-electron chi connectivity index (χ3n) is 3.85. The number of aromatic nitrogens is 1. The minimum absolute atomic E-state index is 0.232. The molecule has 2 heterocycles. The van der Waals surface area contributed by atoms with E-state index in [1.807, 2.05) is 48.8 Å². The molecule has 5 nitrogen and oxygen atoms in total. The summed E-state index contributed by atoms with van der Waals surface area (Å²) in [6.07, 6.45) is 5.63. The number of ether oxygens (including phenoxy) is 1. The van der Waals surface area contributed by atoms with Crippen molar-refractivity contribution in [3.63, 3.8) is 0 Å². The lowest BCUT2D eigenvalue weighted by atomic mass is 10.1. The molecular formula is C17H21N3O2. The summed E-state index contributed by atoms with van der Waals surface area (Å²) in [4.78, 5) is 17.0. The van der Waals surface area contributed by atoms with E-state index < -0.39 is 0 Å². The van der Waals surface area contributed by atoms with Gasteiger partial charge in [-0.05, 0) is 24.5 Å². The van der Waals surface area contributed by atoms with Gasteiger partial charge in [-0.15, -0.1) is 0 Å². The second kappa shape index (κ2) is 7.02. The largest absolute Gasteiger partial charge is 0.445 e. The Morgan fingerprint density at radius 3 is 2.95 bits per heavy atom. The Kier molecular flexibility index (Phi) is 4.63. The van der Waals surface area contributed by atoms with E-state index >= 15 is 0 Å². The number of rotatable bonds is 4. The first-order valence-electron chi connectivity index (χ1n) is 7.66. The molecular weight excluding hydrogens is 278 g/mol. The summed E-state index contributed by atoms with van der Waals surface area (Å²) >= 11 is 0. The molecule has 2 aromatic rings. The summed E-state index contributed by atoms with van der Waals surface area (Å²) in [5.74, 6) is 0. The van der Waals surface area contributed by atoms with E-state index in [4.69, 9.17) is 4.74 Å². The van der Waals surface area contributed by atoms with Crippen molar-refractivity contribution >= 4 is 11.8 Å². The van der Waals surface area contributed by atoms with Crippen LogP contribution in [0.25, 0.3) is 0 Å². The number of nitrogens with one attached hydrogen (secondary N) is 2. The normalized spacial score (nSPS) is 18.0. The molecule has 22 heavy (non-hydrogen) atoms. The monoisotopic (exact) mass is 299 g/mol. The number of carbonyl (C=O) groups excluding carboxylic acids is 1. The highest BCUT2D eigenvalue weighted by Crippen LogP contribution is 2.16. The predicted molar refractivity (Wildman–Crippen MR) is 85.6 cm³/mol. The van der Waals surface area contributed by atoms with Gasteiger partial charge in [0.2, 0.25) is 0 Å². The Balaban J connectivity index is 1.49. The van der Waals surface area contributed by atoms with Gasteiger partial charge in [-0.25, -0.2) is 4.79 Å². The highest BCUT2D eigenvalue weighted by atomic mass is 16.6. The second-order valence-electron chi connectivity index (χ2n) is 5.57. The molecule has 1 atom stereocenters. The number of anilines is 1. The number of carbonyl (C=O) groups is 1. The molecule has 0 bridgehead atoms. The standard InChI is InChI=1S/C17H21N3O2/c21-17(22-13-14-5-2-1-3-6-14)20-10-4-7-16(12-20)19-15-8-9-18-11-15/h1-3,5-6,8-9,11,16,18-19H,4,7,10,12-13H2/t16-/m1/s1. The number of hydrogen-bond donors (Lipinski definition) is 2. The smallest absolute Gasteiger partial charge is 0.410 e. The maximum absolute atomic E-state index is 12.2. The van der Waals surface area contributed by atoms with Crippen LogP contribution in [0, 0.1) is 0 Å². The van der Waals surface area contributed by atoms with Crippen molar-refractivity contribution < 1.29 is 9.53 Å². The third-order valence-corrected chi connectivity index (χ3v) is 3.85. The van der Waals surface area contributed by atoms with Crippen molar-refractivity contribution in [2.24, 2.45) is 0 Å². The van der Waals surface area contributed by atoms with Crippen LogP contribution in [0.4, 0.5) is 10.5 Å². The lowest BCUT2D eigenvalue weighted by molar-refractivity contribution is 0.0875. The second-order valence-corrected chi connectivity index (χ2v) is 5.57. The van der Waals surface area contributed by atoms with Crippen LogP contribution >= 0.6 is 0 Å². The number of benzene rings is 1. The predicted octanol–water partition coefficient (Wildman–Crippen LogP) is 3.23. The van der Waals surface area contributed by atoms with E-state index in [1.165, 1.54) is 0 Å². The lowest BCUT2D eigenvalue weighted by Gasteiger charge is -2.32. The average Bonchev–Trinajstić information content (AvgIpc) is 3.07. The summed E-state index contributed by atoms with van der Waals surface area (Å²) in [6, 6.07) is 12.0. The molecule has 0 spiro atoms. The Labute approximate surface area is 130 Å². The van der Waals surface area contributed by atoms with E-state index in [9.17, 15) is 4.79 Å². The first-order valence-corrected chi connectivity index (χ1v) is 7.66. The zero-order valence-corrected chi connectivity index (χ0v) is 12.5. The van der Waals surface area contributed by atoms with Crippen molar-refractivity contribution in [2.45, 2.75) is 25.5 Å². The van der Waals surface area contributed by atoms with Crippen LogP contribution in [0.3, 0.4) is 0 Å². The Bertz CT molecular complexity index is 583. The van der Waals surface area contributed by atoms with Crippen molar-refractivity contribution in [3.8, 4) is 0 Å². The van der Waals surface area contributed by atoms with Crippen LogP contribution in [-0.4, -0.2) is 35.1 Å². The molecule has 3 rings (SSSR count). The van der Waals surface area contributed by atoms with Crippen LogP contribution in [-0.2, 0) is 11.3 Å². The highest BCUT2D eigenvalue weighted by Gasteiger charge is 2.24. The molecule has 1 aliphatic heterocycles. The Morgan fingerprint density at radius 1 is 1.32 bits per heavy atom. The number of hydrogen-bond acceptors (Lipinski definition) is 3. The molecule has 2 N–H and O–H groups in total. The van der Waals surface area contributed by atoms with Gasteiger partial charge in [-0.3, -0.25) is 0 Å². The average molecular weight is 299 g/mol. The number of nitrogens with zero attached hydrogens (tertiary/aromatic N) is 1. The van der Waals surface area contributed by atoms with Gasteiger partial charge in [0.05, 0.1) is 5.69 Å². The molecule has 1 aliphatic rings. The number of amides is 1. The number of piperidine rings is 1. The van der Waals surface area contributed by atoms with Crippen molar-refractivity contribution in [1.29, 1.82) is 0 Å². The van der Waals surface area contributed by atoms with Crippen LogP contribution in [0.5, 0.6) is 0 Å². The van der Waals surface area contributed by atoms with Gasteiger partial charge in [0, 0.05) is 31.5 Å². The molecule has 0 radical (unpaired) electrons. The molecule has 116 valence electrons. The molecule has 0 unspecified atom stereocenters.